The third kappa shape index (κ3) is 4.69. The number of esters is 1. The van der Waals surface area contributed by atoms with Crippen LogP contribution in [0.1, 0.15) is 13.3 Å². The zero-order chi connectivity index (χ0) is 11.7. The van der Waals surface area contributed by atoms with Gasteiger partial charge in [-0.1, -0.05) is 6.92 Å². The van der Waals surface area contributed by atoms with E-state index in [4.69, 9.17) is 18.9 Å². The third-order valence-electron chi connectivity index (χ3n) is 1.59. The Bertz CT molecular complexity index is 216. The molecule has 0 bridgehead atoms. The Morgan fingerprint density at radius 2 is 1.73 bits per heavy atom. The van der Waals surface area contributed by atoms with Gasteiger partial charge in [-0.2, -0.15) is 0 Å². The summed E-state index contributed by atoms with van der Waals surface area (Å²) in [5, 5.41) is 0. The zero-order valence-electron chi connectivity index (χ0n) is 9.66. The van der Waals surface area contributed by atoms with Gasteiger partial charge in [0.05, 0.1) is 27.4 Å². The van der Waals surface area contributed by atoms with Gasteiger partial charge < -0.3 is 18.9 Å². The monoisotopic (exact) mass is 218 g/mol. The van der Waals surface area contributed by atoms with Crippen molar-refractivity contribution in [3.05, 3.63) is 11.5 Å². The zero-order valence-corrected chi connectivity index (χ0v) is 9.66. The van der Waals surface area contributed by atoms with Crippen LogP contribution < -0.4 is 0 Å². The van der Waals surface area contributed by atoms with E-state index >= 15 is 0 Å². The summed E-state index contributed by atoms with van der Waals surface area (Å²) in [5.41, 5.74) is 0.246. The minimum atomic E-state index is -0.475. The topological polar surface area (TPSA) is 54.0 Å². The average Bonchev–Trinajstić information content (AvgIpc) is 2.26. The van der Waals surface area contributed by atoms with Crippen molar-refractivity contribution in [2.75, 3.05) is 34.5 Å². The predicted octanol–water partition coefficient (Wildman–Crippen LogP) is 1.09. The summed E-state index contributed by atoms with van der Waals surface area (Å²) < 4.78 is 19.6. The normalized spacial score (nSPS) is 9.33. The van der Waals surface area contributed by atoms with Crippen LogP contribution in [0.4, 0.5) is 0 Å². The molecule has 0 saturated heterocycles. The van der Waals surface area contributed by atoms with Crippen molar-refractivity contribution in [1.29, 1.82) is 0 Å². The second-order valence-electron chi connectivity index (χ2n) is 2.74. The van der Waals surface area contributed by atoms with Gasteiger partial charge in [0.25, 0.3) is 5.95 Å². The quantitative estimate of drug-likeness (QED) is 0.364. The molecule has 0 spiro atoms. The van der Waals surface area contributed by atoms with Gasteiger partial charge in [-0.25, -0.2) is 4.79 Å². The first-order valence-corrected chi connectivity index (χ1v) is 4.68. The summed E-state index contributed by atoms with van der Waals surface area (Å²) in [6, 6.07) is 0. The van der Waals surface area contributed by atoms with E-state index in [0.29, 0.717) is 6.61 Å². The molecule has 0 fully saturated rings. The fourth-order valence-corrected chi connectivity index (χ4v) is 0.957. The first-order valence-electron chi connectivity index (χ1n) is 4.68. The summed E-state index contributed by atoms with van der Waals surface area (Å²) in [6.07, 6.45) is 0.765. The van der Waals surface area contributed by atoms with E-state index in [9.17, 15) is 4.79 Å². The molecule has 88 valence electrons. The molecule has 0 N–H and O–H groups in total. The van der Waals surface area contributed by atoms with Crippen molar-refractivity contribution in [3.8, 4) is 0 Å². The number of methoxy groups -OCH3 is 3. The molecule has 0 atom stereocenters. The van der Waals surface area contributed by atoms with E-state index in [2.05, 4.69) is 0 Å². The number of carbonyl (C=O) groups is 1. The van der Waals surface area contributed by atoms with Gasteiger partial charge in [0.2, 0.25) is 0 Å². The average molecular weight is 218 g/mol. The minimum Gasteiger partial charge on any atom is -0.468 e. The predicted molar refractivity (Wildman–Crippen MR) is 54.2 cm³/mol. The van der Waals surface area contributed by atoms with Crippen molar-refractivity contribution in [3.63, 3.8) is 0 Å². The summed E-state index contributed by atoms with van der Waals surface area (Å²) in [6.45, 7) is 2.38. The van der Waals surface area contributed by atoms with Crippen LogP contribution in [0.3, 0.4) is 0 Å². The van der Waals surface area contributed by atoms with Crippen LogP contribution in [0, 0.1) is 0 Å². The van der Waals surface area contributed by atoms with Crippen LogP contribution in [0.15, 0.2) is 11.5 Å². The lowest BCUT2D eigenvalue weighted by atomic mass is 10.3. The standard InChI is InChI=1S/C10H18O5/c1-5-6-15-9(11)8(7-12-2)10(13-3)14-4/h5-7H2,1-4H3. The number of hydrogen-bond donors (Lipinski definition) is 0. The largest absolute Gasteiger partial charge is 0.468 e. The highest BCUT2D eigenvalue weighted by Gasteiger charge is 2.18. The second-order valence-corrected chi connectivity index (χ2v) is 2.74. The molecule has 5 heteroatoms. The van der Waals surface area contributed by atoms with Crippen LogP contribution in [0.2, 0.25) is 0 Å². The van der Waals surface area contributed by atoms with Gasteiger partial charge in [0.15, 0.2) is 0 Å². The molecule has 0 amide bonds. The molecule has 5 nitrogen and oxygen atoms in total. The highest BCUT2D eigenvalue weighted by molar-refractivity contribution is 5.89. The second kappa shape index (κ2) is 8.11. The summed E-state index contributed by atoms with van der Waals surface area (Å²) in [5.74, 6) is -0.352. The van der Waals surface area contributed by atoms with E-state index in [1.165, 1.54) is 21.3 Å². The Balaban J connectivity index is 4.62. The first kappa shape index (κ1) is 13.8. The van der Waals surface area contributed by atoms with E-state index in [-0.39, 0.29) is 18.1 Å². The molecule has 0 aromatic carbocycles. The maximum atomic E-state index is 11.5. The molecular weight excluding hydrogens is 200 g/mol. The van der Waals surface area contributed by atoms with Crippen LogP contribution in [0.5, 0.6) is 0 Å². The van der Waals surface area contributed by atoms with Crippen LogP contribution in [-0.4, -0.2) is 40.5 Å². The molecule has 15 heavy (non-hydrogen) atoms. The maximum absolute atomic E-state index is 11.5. The van der Waals surface area contributed by atoms with E-state index < -0.39 is 5.97 Å². The summed E-state index contributed by atoms with van der Waals surface area (Å²) in [4.78, 5) is 11.5. The van der Waals surface area contributed by atoms with E-state index in [1.807, 2.05) is 6.92 Å². The summed E-state index contributed by atoms with van der Waals surface area (Å²) in [7, 11) is 4.32. The molecule has 0 heterocycles. The smallest absolute Gasteiger partial charge is 0.343 e. The van der Waals surface area contributed by atoms with Gasteiger partial charge in [-0.3, -0.25) is 0 Å². The van der Waals surface area contributed by atoms with Gasteiger partial charge in [-0.05, 0) is 6.42 Å². The molecule has 0 aliphatic rings. The van der Waals surface area contributed by atoms with E-state index in [1.54, 1.807) is 0 Å². The van der Waals surface area contributed by atoms with Gasteiger partial charge in [0.1, 0.15) is 5.57 Å². The van der Waals surface area contributed by atoms with Crippen molar-refractivity contribution in [1.82, 2.24) is 0 Å². The van der Waals surface area contributed by atoms with Gasteiger partial charge in [0, 0.05) is 7.11 Å². The maximum Gasteiger partial charge on any atom is 0.343 e. The Morgan fingerprint density at radius 1 is 1.13 bits per heavy atom. The Kier molecular flexibility index (Phi) is 7.44. The number of rotatable bonds is 7. The molecule has 0 rings (SSSR count). The number of ether oxygens (including phenoxy) is 4. The highest BCUT2D eigenvalue weighted by Crippen LogP contribution is 2.09. The van der Waals surface area contributed by atoms with Gasteiger partial charge >= 0.3 is 5.97 Å². The van der Waals surface area contributed by atoms with Crippen molar-refractivity contribution < 1.29 is 23.7 Å². The first-order chi connectivity index (χ1) is 7.21. The fraction of sp³-hybridized carbons (Fsp3) is 0.700. The fourth-order valence-electron chi connectivity index (χ4n) is 0.957. The lowest BCUT2D eigenvalue weighted by Crippen LogP contribution is -2.16. The Labute approximate surface area is 89.9 Å². The number of carbonyl (C=O) groups excluding carboxylic acids is 1. The third-order valence-corrected chi connectivity index (χ3v) is 1.59. The number of hydrogen-bond acceptors (Lipinski definition) is 5. The SMILES string of the molecule is CCCOC(=O)C(COC)=C(OC)OC. The van der Waals surface area contributed by atoms with E-state index in [0.717, 1.165) is 6.42 Å². The van der Waals surface area contributed by atoms with Crippen LogP contribution in [-0.2, 0) is 23.7 Å². The van der Waals surface area contributed by atoms with Crippen molar-refractivity contribution >= 4 is 5.97 Å². The van der Waals surface area contributed by atoms with Crippen molar-refractivity contribution in [2.45, 2.75) is 13.3 Å². The van der Waals surface area contributed by atoms with Gasteiger partial charge in [-0.15, -0.1) is 0 Å². The van der Waals surface area contributed by atoms with Crippen molar-refractivity contribution in [2.24, 2.45) is 0 Å². The Hall–Kier alpha value is -1.23. The highest BCUT2D eigenvalue weighted by atomic mass is 16.7. The van der Waals surface area contributed by atoms with Crippen LogP contribution in [0.25, 0.3) is 0 Å². The van der Waals surface area contributed by atoms with Crippen LogP contribution >= 0.6 is 0 Å². The molecule has 0 saturated carbocycles. The lowest BCUT2D eigenvalue weighted by molar-refractivity contribution is -0.140. The molecular formula is C10H18O5. The summed E-state index contributed by atoms with van der Waals surface area (Å²) >= 11 is 0. The molecule has 0 aliphatic heterocycles. The molecule has 0 aliphatic carbocycles. The molecule has 0 unspecified atom stereocenters. The minimum absolute atomic E-state index is 0.0968. The molecule has 0 aromatic heterocycles. The lowest BCUT2D eigenvalue weighted by Gasteiger charge is -2.11. The molecule has 0 radical (unpaired) electrons. The molecule has 0 aromatic rings. The Morgan fingerprint density at radius 3 is 2.13 bits per heavy atom.